The van der Waals surface area contributed by atoms with Crippen molar-refractivity contribution in [3.63, 3.8) is 0 Å². The largest absolute Gasteiger partial charge is 0.357 e. The van der Waals surface area contributed by atoms with Crippen LogP contribution in [0.25, 0.3) is 22.3 Å². The third-order valence-electron chi connectivity index (χ3n) is 4.31. The molecule has 3 rings (SSSR count). The SMILES string of the molecule is Cc1cccc(-c2ccc(C)c(-c3cccc(C)c3)c2P(=O)(O)O)c1. The van der Waals surface area contributed by atoms with E-state index in [9.17, 15) is 14.4 Å². The maximum absolute atomic E-state index is 12.4. The molecule has 0 atom stereocenters. The zero-order valence-electron chi connectivity index (χ0n) is 14.5. The zero-order valence-corrected chi connectivity index (χ0v) is 15.4. The van der Waals surface area contributed by atoms with E-state index in [2.05, 4.69) is 0 Å². The van der Waals surface area contributed by atoms with Crippen LogP contribution >= 0.6 is 7.60 Å². The lowest BCUT2D eigenvalue weighted by Crippen LogP contribution is -2.13. The second-order valence-corrected chi connectivity index (χ2v) is 7.97. The molecular formula is C21H21O3P. The summed E-state index contributed by atoms with van der Waals surface area (Å²) in [4.78, 5) is 20.3. The topological polar surface area (TPSA) is 57.5 Å². The van der Waals surface area contributed by atoms with Gasteiger partial charge in [0, 0.05) is 5.56 Å². The first kappa shape index (κ1) is 17.6. The van der Waals surface area contributed by atoms with E-state index in [0.29, 0.717) is 11.1 Å². The summed E-state index contributed by atoms with van der Waals surface area (Å²) in [5.74, 6) is 0. The molecule has 0 fully saturated rings. The average molecular weight is 352 g/mol. The van der Waals surface area contributed by atoms with Gasteiger partial charge in [-0.3, -0.25) is 4.57 Å². The van der Waals surface area contributed by atoms with Crippen molar-refractivity contribution in [1.29, 1.82) is 0 Å². The van der Waals surface area contributed by atoms with Gasteiger partial charge in [0.15, 0.2) is 0 Å². The van der Waals surface area contributed by atoms with Gasteiger partial charge in [-0.1, -0.05) is 71.8 Å². The lowest BCUT2D eigenvalue weighted by Gasteiger charge is -2.19. The van der Waals surface area contributed by atoms with E-state index in [1.807, 2.05) is 75.4 Å². The molecular weight excluding hydrogens is 331 g/mol. The lowest BCUT2D eigenvalue weighted by atomic mass is 9.93. The van der Waals surface area contributed by atoms with Crippen molar-refractivity contribution >= 4 is 12.9 Å². The van der Waals surface area contributed by atoms with E-state index in [1.54, 1.807) is 6.07 Å². The van der Waals surface area contributed by atoms with Gasteiger partial charge in [0.25, 0.3) is 0 Å². The van der Waals surface area contributed by atoms with Crippen molar-refractivity contribution < 1.29 is 14.4 Å². The maximum atomic E-state index is 12.4. The van der Waals surface area contributed by atoms with E-state index < -0.39 is 7.60 Å². The van der Waals surface area contributed by atoms with Gasteiger partial charge in [0.2, 0.25) is 0 Å². The van der Waals surface area contributed by atoms with Gasteiger partial charge in [0.05, 0.1) is 5.30 Å². The first-order chi connectivity index (χ1) is 11.8. The Morgan fingerprint density at radius 1 is 0.760 bits per heavy atom. The number of aryl methyl sites for hydroxylation is 3. The summed E-state index contributed by atoms with van der Waals surface area (Å²) in [7, 11) is -4.48. The van der Waals surface area contributed by atoms with Gasteiger partial charge in [-0.05, 0) is 43.0 Å². The number of hydrogen-bond acceptors (Lipinski definition) is 1. The molecule has 4 heteroatoms. The van der Waals surface area contributed by atoms with Gasteiger partial charge in [0.1, 0.15) is 0 Å². The summed E-state index contributed by atoms with van der Waals surface area (Å²) in [5.41, 5.74) is 5.79. The fraction of sp³-hybridized carbons (Fsp3) is 0.143. The fourth-order valence-corrected chi connectivity index (χ4v) is 4.32. The van der Waals surface area contributed by atoms with E-state index >= 15 is 0 Å². The summed E-state index contributed by atoms with van der Waals surface area (Å²) < 4.78 is 12.4. The molecule has 0 aliphatic rings. The smallest absolute Gasteiger partial charge is 0.321 e. The first-order valence-corrected chi connectivity index (χ1v) is 9.72. The standard InChI is InChI=1S/C21H21O3P/c1-14-6-4-8-17(12-14)19-11-10-16(3)20(21(19)25(22,23)24)18-9-5-7-15(2)13-18/h4-13H,1-3H3,(H2,22,23,24). The Kier molecular flexibility index (Phi) is 4.66. The predicted molar refractivity (Wildman–Crippen MR) is 103 cm³/mol. The van der Waals surface area contributed by atoms with Crippen LogP contribution in [-0.4, -0.2) is 9.79 Å². The lowest BCUT2D eigenvalue weighted by molar-refractivity contribution is 0.387. The zero-order chi connectivity index (χ0) is 18.2. The molecule has 128 valence electrons. The molecule has 3 nitrogen and oxygen atoms in total. The summed E-state index contributed by atoms with van der Waals surface area (Å²) in [5, 5.41) is 0.101. The predicted octanol–water partition coefficient (Wildman–Crippen LogP) is 4.75. The highest BCUT2D eigenvalue weighted by Crippen LogP contribution is 2.43. The van der Waals surface area contributed by atoms with Crippen LogP contribution in [0.2, 0.25) is 0 Å². The van der Waals surface area contributed by atoms with Crippen LogP contribution < -0.4 is 5.30 Å². The van der Waals surface area contributed by atoms with Crippen LogP contribution in [0.3, 0.4) is 0 Å². The third kappa shape index (κ3) is 3.59. The Bertz CT molecular complexity index is 986. The summed E-state index contributed by atoms with van der Waals surface area (Å²) >= 11 is 0. The van der Waals surface area contributed by atoms with Crippen LogP contribution in [0.4, 0.5) is 0 Å². The van der Waals surface area contributed by atoms with Crippen molar-refractivity contribution in [1.82, 2.24) is 0 Å². The molecule has 2 N–H and O–H groups in total. The van der Waals surface area contributed by atoms with Crippen molar-refractivity contribution in [3.05, 3.63) is 77.4 Å². The molecule has 0 unspecified atom stereocenters. The van der Waals surface area contributed by atoms with Gasteiger partial charge in [-0.15, -0.1) is 0 Å². The van der Waals surface area contributed by atoms with Crippen LogP contribution in [0.15, 0.2) is 60.7 Å². The second-order valence-electron chi connectivity index (χ2n) is 6.44. The van der Waals surface area contributed by atoms with E-state index in [1.165, 1.54) is 0 Å². The van der Waals surface area contributed by atoms with Gasteiger partial charge in [-0.2, -0.15) is 0 Å². The number of rotatable bonds is 3. The molecule has 0 saturated carbocycles. The van der Waals surface area contributed by atoms with Crippen molar-refractivity contribution in [3.8, 4) is 22.3 Å². The Morgan fingerprint density at radius 3 is 1.88 bits per heavy atom. The summed E-state index contributed by atoms with van der Waals surface area (Å²) in [6.45, 7) is 5.83. The molecule has 0 aliphatic heterocycles. The first-order valence-electron chi connectivity index (χ1n) is 8.11. The molecule has 3 aromatic carbocycles. The van der Waals surface area contributed by atoms with Crippen LogP contribution in [0.1, 0.15) is 16.7 Å². The number of hydrogen-bond donors (Lipinski definition) is 2. The monoisotopic (exact) mass is 352 g/mol. The average Bonchev–Trinajstić information content (AvgIpc) is 2.53. The highest BCUT2D eigenvalue weighted by Gasteiger charge is 2.28. The fourth-order valence-electron chi connectivity index (χ4n) is 3.21. The Morgan fingerprint density at radius 2 is 1.32 bits per heavy atom. The summed E-state index contributed by atoms with van der Waals surface area (Å²) in [6.07, 6.45) is 0. The van der Waals surface area contributed by atoms with E-state index in [-0.39, 0.29) is 5.30 Å². The van der Waals surface area contributed by atoms with Gasteiger partial charge in [-0.25, -0.2) is 0 Å². The Balaban J connectivity index is 2.39. The van der Waals surface area contributed by atoms with Crippen LogP contribution in [0, 0.1) is 20.8 Å². The highest BCUT2D eigenvalue weighted by atomic mass is 31.2. The van der Waals surface area contributed by atoms with Crippen molar-refractivity contribution in [2.45, 2.75) is 20.8 Å². The minimum atomic E-state index is -4.48. The molecule has 0 spiro atoms. The maximum Gasteiger partial charge on any atom is 0.357 e. The van der Waals surface area contributed by atoms with Crippen LogP contribution in [0.5, 0.6) is 0 Å². The van der Waals surface area contributed by atoms with Gasteiger partial charge >= 0.3 is 7.60 Å². The third-order valence-corrected chi connectivity index (χ3v) is 5.36. The Hall–Kier alpha value is -2.19. The Labute approximate surface area is 148 Å². The van der Waals surface area contributed by atoms with E-state index in [4.69, 9.17) is 0 Å². The van der Waals surface area contributed by atoms with Crippen molar-refractivity contribution in [2.75, 3.05) is 0 Å². The molecule has 3 aromatic rings. The minimum Gasteiger partial charge on any atom is -0.321 e. The molecule has 0 amide bonds. The van der Waals surface area contributed by atoms with Gasteiger partial charge < -0.3 is 9.79 Å². The molecule has 0 radical (unpaired) electrons. The molecule has 0 bridgehead atoms. The molecule has 0 saturated heterocycles. The van der Waals surface area contributed by atoms with Crippen molar-refractivity contribution in [2.24, 2.45) is 0 Å². The molecule has 0 heterocycles. The molecule has 0 aliphatic carbocycles. The molecule has 25 heavy (non-hydrogen) atoms. The summed E-state index contributed by atoms with van der Waals surface area (Å²) in [6, 6.07) is 19.2. The normalized spacial score (nSPS) is 11.6. The van der Waals surface area contributed by atoms with E-state index in [0.717, 1.165) is 27.8 Å². The number of benzene rings is 3. The second kappa shape index (κ2) is 6.61. The highest BCUT2D eigenvalue weighted by molar-refractivity contribution is 7.61. The minimum absolute atomic E-state index is 0.101. The molecule has 0 aromatic heterocycles. The quantitative estimate of drug-likeness (QED) is 0.669. The van der Waals surface area contributed by atoms with Crippen LogP contribution in [-0.2, 0) is 4.57 Å².